The zero-order chi connectivity index (χ0) is 12.1. The maximum absolute atomic E-state index is 9.15. The summed E-state index contributed by atoms with van der Waals surface area (Å²) in [6.45, 7) is 1.58. The molecule has 2 nitrogen and oxygen atoms in total. The Kier molecular flexibility index (Phi) is 4.02. The van der Waals surface area contributed by atoms with Crippen LogP contribution in [0.25, 0.3) is 0 Å². The number of hydrogen-bond donors (Lipinski definition) is 2. The minimum Gasteiger partial charge on any atom is -0.508 e. The summed E-state index contributed by atoms with van der Waals surface area (Å²) in [6.07, 6.45) is 0. The molecule has 0 unspecified atom stereocenters. The number of aromatic hydroxyl groups is 1. The Morgan fingerprint density at radius 2 is 1.29 bits per heavy atom. The molecule has 17 heavy (non-hydrogen) atoms. The maximum atomic E-state index is 9.15. The molecule has 0 aromatic heterocycles. The number of rotatable bonds is 4. The smallest absolute Gasteiger partial charge is 0.115 e. The van der Waals surface area contributed by atoms with Gasteiger partial charge in [0.1, 0.15) is 5.75 Å². The van der Waals surface area contributed by atoms with Gasteiger partial charge in [-0.1, -0.05) is 35.9 Å². The third kappa shape index (κ3) is 3.77. The van der Waals surface area contributed by atoms with Gasteiger partial charge in [-0.25, -0.2) is 0 Å². The molecule has 2 aromatic rings. The number of hydrogen-bond acceptors (Lipinski definition) is 2. The fourth-order valence-corrected chi connectivity index (χ4v) is 1.69. The highest BCUT2D eigenvalue weighted by molar-refractivity contribution is 6.30. The first kappa shape index (κ1) is 12.0. The van der Waals surface area contributed by atoms with Crippen molar-refractivity contribution in [3.05, 3.63) is 64.7 Å². The minimum atomic E-state index is 0.298. The topological polar surface area (TPSA) is 32.3 Å². The van der Waals surface area contributed by atoms with E-state index < -0.39 is 0 Å². The van der Waals surface area contributed by atoms with Crippen LogP contribution in [0.1, 0.15) is 11.1 Å². The second kappa shape index (κ2) is 5.71. The van der Waals surface area contributed by atoms with E-state index in [9.17, 15) is 0 Å². The van der Waals surface area contributed by atoms with Crippen molar-refractivity contribution in [3.8, 4) is 5.75 Å². The van der Waals surface area contributed by atoms with Crippen LogP contribution in [0.4, 0.5) is 0 Å². The quantitative estimate of drug-likeness (QED) is 0.869. The molecule has 0 saturated heterocycles. The van der Waals surface area contributed by atoms with Crippen molar-refractivity contribution in [2.45, 2.75) is 13.1 Å². The minimum absolute atomic E-state index is 0.298. The predicted octanol–water partition coefficient (Wildman–Crippen LogP) is 3.34. The number of halogens is 1. The highest BCUT2D eigenvalue weighted by Gasteiger charge is 1.95. The van der Waals surface area contributed by atoms with Crippen molar-refractivity contribution < 1.29 is 5.11 Å². The van der Waals surface area contributed by atoms with E-state index in [1.165, 1.54) is 5.56 Å². The largest absolute Gasteiger partial charge is 0.508 e. The molecule has 0 heterocycles. The molecule has 0 fully saturated rings. The second-order valence-electron chi connectivity index (χ2n) is 3.90. The lowest BCUT2D eigenvalue weighted by Gasteiger charge is -2.05. The molecule has 0 aliphatic rings. The standard InChI is InChI=1S/C14H14ClNO/c15-13-5-1-11(2-6-13)9-16-10-12-3-7-14(17)8-4-12/h1-8,16-17H,9-10H2. The molecule has 0 bridgehead atoms. The fraction of sp³-hybridized carbons (Fsp3) is 0.143. The first-order valence-electron chi connectivity index (χ1n) is 5.47. The summed E-state index contributed by atoms with van der Waals surface area (Å²) in [7, 11) is 0. The van der Waals surface area contributed by atoms with E-state index in [1.54, 1.807) is 12.1 Å². The highest BCUT2D eigenvalue weighted by atomic mass is 35.5. The molecular formula is C14H14ClNO. The first-order valence-corrected chi connectivity index (χ1v) is 5.85. The molecule has 88 valence electrons. The van der Waals surface area contributed by atoms with Crippen molar-refractivity contribution in [1.29, 1.82) is 0 Å². The van der Waals surface area contributed by atoms with Gasteiger partial charge in [0.05, 0.1) is 0 Å². The van der Waals surface area contributed by atoms with Gasteiger partial charge in [0.15, 0.2) is 0 Å². The Bertz CT molecular complexity index is 419. The van der Waals surface area contributed by atoms with E-state index in [1.807, 2.05) is 36.4 Å². The molecule has 3 heteroatoms. The highest BCUT2D eigenvalue weighted by Crippen LogP contribution is 2.11. The molecule has 2 rings (SSSR count). The molecule has 0 radical (unpaired) electrons. The lowest BCUT2D eigenvalue weighted by atomic mass is 10.2. The van der Waals surface area contributed by atoms with Crippen LogP contribution in [0.2, 0.25) is 5.02 Å². The van der Waals surface area contributed by atoms with E-state index in [4.69, 9.17) is 16.7 Å². The number of phenolic OH excluding ortho intramolecular Hbond substituents is 1. The molecular weight excluding hydrogens is 234 g/mol. The van der Waals surface area contributed by atoms with Crippen LogP contribution in [0, 0.1) is 0 Å². The van der Waals surface area contributed by atoms with Gasteiger partial charge in [-0.2, -0.15) is 0 Å². The molecule has 0 saturated carbocycles. The van der Waals surface area contributed by atoms with Crippen molar-refractivity contribution >= 4 is 11.6 Å². The van der Waals surface area contributed by atoms with Crippen molar-refractivity contribution in [1.82, 2.24) is 5.32 Å². The fourth-order valence-electron chi connectivity index (χ4n) is 1.57. The van der Waals surface area contributed by atoms with Gasteiger partial charge < -0.3 is 10.4 Å². The molecule has 0 aliphatic carbocycles. The molecule has 2 aromatic carbocycles. The summed E-state index contributed by atoms with van der Waals surface area (Å²) >= 11 is 5.81. The number of nitrogens with one attached hydrogen (secondary N) is 1. The molecule has 0 atom stereocenters. The first-order chi connectivity index (χ1) is 8.24. The average molecular weight is 248 g/mol. The predicted molar refractivity (Wildman–Crippen MR) is 70.1 cm³/mol. The van der Waals surface area contributed by atoms with Gasteiger partial charge in [-0.3, -0.25) is 0 Å². The Hall–Kier alpha value is -1.51. The Balaban J connectivity index is 1.83. The van der Waals surface area contributed by atoms with Crippen LogP contribution in [-0.2, 0) is 13.1 Å². The van der Waals surface area contributed by atoms with Gasteiger partial charge in [0, 0.05) is 18.1 Å². The summed E-state index contributed by atoms with van der Waals surface area (Å²) in [5.74, 6) is 0.298. The Morgan fingerprint density at radius 3 is 1.82 bits per heavy atom. The van der Waals surface area contributed by atoms with E-state index in [0.717, 1.165) is 23.7 Å². The van der Waals surface area contributed by atoms with E-state index in [2.05, 4.69) is 5.32 Å². The van der Waals surface area contributed by atoms with E-state index >= 15 is 0 Å². The van der Waals surface area contributed by atoms with Crippen LogP contribution in [0.5, 0.6) is 5.75 Å². The third-order valence-corrected chi connectivity index (χ3v) is 2.76. The van der Waals surface area contributed by atoms with Crippen LogP contribution in [0.15, 0.2) is 48.5 Å². The van der Waals surface area contributed by atoms with Gasteiger partial charge in [0.25, 0.3) is 0 Å². The van der Waals surface area contributed by atoms with Gasteiger partial charge in [-0.15, -0.1) is 0 Å². The maximum Gasteiger partial charge on any atom is 0.115 e. The van der Waals surface area contributed by atoms with Crippen LogP contribution in [-0.4, -0.2) is 5.11 Å². The monoisotopic (exact) mass is 247 g/mol. The van der Waals surface area contributed by atoms with Gasteiger partial charge in [0.2, 0.25) is 0 Å². The lowest BCUT2D eigenvalue weighted by Crippen LogP contribution is -2.12. The van der Waals surface area contributed by atoms with Crippen molar-refractivity contribution in [2.24, 2.45) is 0 Å². The normalized spacial score (nSPS) is 10.4. The van der Waals surface area contributed by atoms with Crippen LogP contribution >= 0.6 is 11.6 Å². The average Bonchev–Trinajstić information content (AvgIpc) is 2.34. The zero-order valence-corrected chi connectivity index (χ0v) is 10.1. The van der Waals surface area contributed by atoms with E-state index in [-0.39, 0.29) is 0 Å². The van der Waals surface area contributed by atoms with Crippen molar-refractivity contribution in [2.75, 3.05) is 0 Å². The summed E-state index contributed by atoms with van der Waals surface area (Å²) in [4.78, 5) is 0. The van der Waals surface area contributed by atoms with Gasteiger partial charge >= 0.3 is 0 Å². The number of benzene rings is 2. The second-order valence-corrected chi connectivity index (χ2v) is 4.33. The summed E-state index contributed by atoms with van der Waals surface area (Å²) < 4.78 is 0. The van der Waals surface area contributed by atoms with Gasteiger partial charge in [-0.05, 0) is 35.4 Å². The Morgan fingerprint density at radius 1 is 0.824 bits per heavy atom. The molecule has 2 N–H and O–H groups in total. The summed E-state index contributed by atoms with van der Waals surface area (Å²) in [5, 5.41) is 13.2. The summed E-state index contributed by atoms with van der Waals surface area (Å²) in [6, 6.07) is 15.0. The summed E-state index contributed by atoms with van der Waals surface area (Å²) in [5.41, 5.74) is 2.35. The Labute approximate surface area is 106 Å². The molecule has 0 amide bonds. The lowest BCUT2D eigenvalue weighted by molar-refractivity contribution is 0.475. The third-order valence-electron chi connectivity index (χ3n) is 2.51. The molecule has 0 spiro atoms. The number of phenols is 1. The molecule has 0 aliphatic heterocycles. The zero-order valence-electron chi connectivity index (χ0n) is 9.36. The van der Waals surface area contributed by atoms with Crippen LogP contribution in [0.3, 0.4) is 0 Å². The van der Waals surface area contributed by atoms with E-state index in [0.29, 0.717) is 5.75 Å². The van der Waals surface area contributed by atoms with Crippen molar-refractivity contribution in [3.63, 3.8) is 0 Å². The van der Waals surface area contributed by atoms with Crippen LogP contribution < -0.4 is 5.32 Å². The SMILES string of the molecule is Oc1ccc(CNCc2ccc(Cl)cc2)cc1.